The summed E-state index contributed by atoms with van der Waals surface area (Å²) in [6.07, 6.45) is 3.63. The molecule has 1 aromatic rings. The first-order valence-corrected chi connectivity index (χ1v) is 21.3. The van der Waals surface area contributed by atoms with Crippen LogP contribution in [0.15, 0.2) is 12.5 Å². The highest BCUT2D eigenvalue weighted by molar-refractivity contribution is 7.51. The molecule has 6 atom stereocenters. The molecule has 2 heterocycles. The maximum absolute atomic E-state index is 13.9. The van der Waals surface area contributed by atoms with E-state index in [1.807, 2.05) is 48.5 Å². The molecule has 0 aromatic carbocycles. The monoisotopic (exact) mass is 844 g/mol. The van der Waals surface area contributed by atoms with Gasteiger partial charge in [0.2, 0.25) is 35.4 Å². The number of aromatic nitrogens is 2. The van der Waals surface area contributed by atoms with Gasteiger partial charge in [-0.2, -0.15) is 0 Å². The molecule has 1 saturated heterocycles. The Morgan fingerprint density at radius 3 is 2.12 bits per heavy atom. The van der Waals surface area contributed by atoms with E-state index in [-0.39, 0.29) is 43.3 Å². The highest BCUT2D eigenvalue weighted by atomic mass is 31.2. The number of hydrogen-bond donors (Lipinski definition) is 9. The number of carbonyl (C=O) groups is 6. The number of amides is 6. The number of carbonyl (C=O) groups excluding carboxylic acids is 6. The number of aliphatic hydroxyl groups is 1. The Hall–Kier alpha value is -3.94. The lowest BCUT2D eigenvalue weighted by Crippen LogP contribution is -2.60. The van der Waals surface area contributed by atoms with Gasteiger partial charge in [-0.05, 0) is 72.1 Å². The van der Waals surface area contributed by atoms with Crippen molar-refractivity contribution in [2.24, 2.45) is 17.6 Å². The fraction of sp³-hybridized carbons (Fsp3) is 0.757. The van der Waals surface area contributed by atoms with Crippen LogP contribution in [0.25, 0.3) is 0 Å². The van der Waals surface area contributed by atoms with E-state index in [2.05, 4.69) is 31.2 Å². The standard InChI is InChI=1S/C37H65N8O12P/c1-22(2)16-25(42-35(52)28-10-9-13-45(28)29(47)11-14-57-37(7,8)12-15-56-36(4,5)6)32(49)41-26(17-24-18-39-21-40-24)33(50)43-27(19-46)34(51)44-30(31(38)48)23(3)20-58(53,54)55/h18,21-23,25-28,30,46H,9-17,19-20H2,1-8H3,(H2,38,48)(H,39,40)(H,41,49)(H,42,52)(H,43,50)(H,44,51)(H2,53,54,55)/t23?,25-,26-,27-,28-,30-/m0/s1. The molecule has 0 saturated carbocycles. The number of nitrogens with one attached hydrogen (secondary N) is 5. The summed E-state index contributed by atoms with van der Waals surface area (Å²) < 4.78 is 23.3. The van der Waals surface area contributed by atoms with Gasteiger partial charge in [0.15, 0.2) is 0 Å². The molecule has 20 nitrogen and oxygen atoms in total. The van der Waals surface area contributed by atoms with Crippen LogP contribution in [0.5, 0.6) is 0 Å². The van der Waals surface area contributed by atoms with E-state index in [1.165, 1.54) is 24.3 Å². The second-order valence-electron chi connectivity index (χ2n) is 16.8. The molecule has 10 N–H and O–H groups in total. The molecule has 21 heteroatoms. The molecule has 0 radical (unpaired) electrons. The van der Waals surface area contributed by atoms with Crippen LogP contribution in [0, 0.1) is 11.8 Å². The number of primary amides is 1. The molecule has 2 rings (SSSR count). The summed E-state index contributed by atoms with van der Waals surface area (Å²) in [7, 11) is -4.60. The molecule has 330 valence electrons. The quantitative estimate of drug-likeness (QED) is 0.0600. The molecule has 1 aliphatic rings. The van der Waals surface area contributed by atoms with Crippen molar-refractivity contribution in [1.82, 2.24) is 36.1 Å². The lowest BCUT2D eigenvalue weighted by atomic mass is 10.0. The zero-order valence-corrected chi connectivity index (χ0v) is 35.8. The molecule has 1 fully saturated rings. The third kappa shape index (κ3) is 17.9. The third-order valence-corrected chi connectivity index (χ3v) is 10.4. The van der Waals surface area contributed by atoms with Crippen molar-refractivity contribution < 1.29 is 57.7 Å². The van der Waals surface area contributed by atoms with E-state index >= 15 is 0 Å². The van der Waals surface area contributed by atoms with Crippen LogP contribution in [0.4, 0.5) is 0 Å². The van der Waals surface area contributed by atoms with E-state index in [1.54, 1.807) is 0 Å². The van der Waals surface area contributed by atoms with E-state index in [0.717, 1.165) is 0 Å². The van der Waals surface area contributed by atoms with Crippen LogP contribution in [0.3, 0.4) is 0 Å². The minimum atomic E-state index is -4.60. The van der Waals surface area contributed by atoms with Crippen LogP contribution in [-0.4, -0.2) is 139 Å². The van der Waals surface area contributed by atoms with Gasteiger partial charge in [0.1, 0.15) is 30.2 Å². The lowest BCUT2D eigenvalue weighted by molar-refractivity contribution is -0.141. The van der Waals surface area contributed by atoms with E-state index in [9.17, 15) is 48.2 Å². The van der Waals surface area contributed by atoms with E-state index in [0.29, 0.717) is 38.1 Å². The number of rotatable bonds is 24. The van der Waals surface area contributed by atoms with Crippen molar-refractivity contribution in [3.05, 3.63) is 18.2 Å². The largest absolute Gasteiger partial charge is 0.394 e. The number of imidazole rings is 1. The van der Waals surface area contributed by atoms with E-state index < -0.39 is 91.6 Å². The Morgan fingerprint density at radius 1 is 0.948 bits per heavy atom. The topological polar surface area (TPSA) is 305 Å². The summed E-state index contributed by atoms with van der Waals surface area (Å²) >= 11 is 0. The van der Waals surface area contributed by atoms with Crippen LogP contribution >= 0.6 is 7.60 Å². The Balaban J connectivity index is 2.16. The van der Waals surface area contributed by atoms with Gasteiger partial charge in [0, 0.05) is 31.5 Å². The summed E-state index contributed by atoms with van der Waals surface area (Å²) in [6, 6.07) is -6.57. The Labute approximate surface area is 340 Å². The SMILES string of the molecule is CC(C)C[C@H](NC(=O)[C@@H]1CCCN1C(=O)CCOC(C)(C)CCOC(C)(C)C)C(=O)N[C@@H](Cc1cnc[nH]1)C(=O)N[C@@H](CO)C(=O)N[C@H](C(N)=O)C(C)CP(=O)(O)O. The van der Waals surface area contributed by atoms with Crippen molar-refractivity contribution in [3.63, 3.8) is 0 Å². The number of nitrogens with two attached hydrogens (primary N) is 1. The van der Waals surface area contributed by atoms with Crippen molar-refractivity contribution in [2.75, 3.05) is 32.5 Å². The third-order valence-electron chi connectivity index (χ3n) is 9.39. The Bertz CT molecular complexity index is 1580. The minimum absolute atomic E-state index is 0.0517. The minimum Gasteiger partial charge on any atom is -0.394 e. The van der Waals surface area contributed by atoms with Crippen molar-refractivity contribution >= 4 is 43.0 Å². The molecule has 58 heavy (non-hydrogen) atoms. The average molecular weight is 845 g/mol. The zero-order chi connectivity index (χ0) is 44.0. The summed E-state index contributed by atoms with van der Waals surface area (Å²) in [5, 5.41) is 20.0. The van der Waals surface area contributed by atoms with Crippen molar-refractivity contribution in [1.29, 1.82) is 0 Å². The first-order chi connectivity index (χ1) is 26.8. The zero-order valence-electron chi connectivity index (χ0n) is 34.9. The maximum Gasteiger partial charge on any atom is 0.325 e. The van der Waals surface area contributed by atoms with Crippen LogP contribution in [0.2, 0.25) is 0 Å². The molecule has 1 aromatic heterocycles. The molecule has 1 unspecified atom stereocenters. The molecule has 0 aliphatic carbocycles. The van der Waals surface area contributed by atoms with Gasteiger partial charge >= 0.3 is 7.60 Å². The molecular weight excluding hydrogens is 779 g/mol. The number of hydrogen-bond acceptors (Lipinski definition) is 11. The molecule has 6 amide bonds. The van der Waals surface area contributed by atoms with Gasteiger partial charge in [-0.25, -0.2) is 4.98 Å². The highest BCUT2D eigenvalue weighted by Crippen LogP contribution is 2.37. The Morgan fingerprint density at radius 2 is 1.57 bits per heavy atom. The molecular formula is C37H65N8O12P. The van der Waals surface area contributed by atoms with Crippen molar-refractivity contribution in [2.45, 2.75) is 135 Å². The predicted molar refractivity (Wildman–Crippen MR) is 212 cm³/mol. The van der Waals surface area contributed by atoms with Gasteiger partial charge in [-0.3, -0.25) is 33.3 Å². The number of aromatic amines is 1. The lowest BCUT2D eigenvalue weighted by Gasteiger charge is -2.30. The summed E-state index contributed by atoms with van der Waals surface area (Å²) in [6.45, 7) is 14.7. The second kappa shape index (κ2) is 22.4. The first-order valence-electron chi connectivity index (χ1n) is 19.5. The summed E-state index contributed by atoms with van der Waals surface area (Å²) in [4.78, 5) is 107. The first kappa shape index (κ1) is 50.2. The Kier molecular flexibility index (Phi) is 19.4. The number of likely N-dealkylation sites (tertiary alicyclic amines) is 1. The summed E-state index contributed by atoms with van der Waals surface area (Å²) in [5.41, 5.74) is 4.97. The number of aliphatic hydroxyl groups excluding tert-OH is 1. The summed E-state index contributed by atoms with van der Waals surface area (Å²) in [5.74, 6) is -5.83. The van der Waals surface area contributed by atoms with Gasteiger partial charge in [0.05, 0.1) is 43.3 Å². The predicted octanol–water partition coefficient (Wildman–Crippen LogP) is -0.390. The smallest absolute Gasteiger partial charge is 0.325 e. The van der Waals surface area contributed by atoms with Gasteiger partial charge < -0.3 is 61.3 Å². The van der Waals surface area contributed by atoms with Crippen LogP contribution in [0.1, 0.15) is 93.2 Å². The van der Waals surface area contributed by atoms with Gasteiger partial charge in [-0.1, -0.05) is 20.8 Å². The molecule has 1 aliphatic heterocycles. The fourth-order valence-corrected chi connectivity index (χ4v) is 7.30. The van der Waals surface area contributed by atoms with Gasteiger partial charge in [0.25, 0.3) is 0 Å². The molecule has 0 bridgehead atoms. The normalized spacial score (nSPS) is 17.5. The van der Waals surface area contributed by atoms with Crippen molar-refractivity contribution in [3.8, 4) is 0 Å². The van der Waals surface area contributed by atoms with Gasteiger partial charge in [-0.15, -0.1) is 0 Å². The maximum atomic E-state index is 13.9. The number of H-pyrrole nitrogens is 1. The van der Waals surface area contributed by atoms with Crippen LogP contribution < -0.4 is 27.0 Å². The second-order valence-corrected chi connectivity index (χ2v) is 18.5. The molecule has 0 spiro atoms. The van der Waals surface area contributed by atoms with E-state index in [4.69, 9.17) is 15.2 Å². The number of ether oxygens (including phenoxy) is 2. The average Bonchev–Trinajstić information content (AvgIpc) is 3.79. The fourth-order valence-electron chi connectivity index (χ4n) is 6.33. The number of nitrogens with zero attached hydrogens (tertiary/aromatic N) is 2. The van der Waals surface area contributed by atoms with Crippen LogP contribution in [-0.2, 0) is 49.2 Å². The highest BCUT2D eigenvalue weighted by Gasteiger charge is 2.38.